The molecule has 0 spiro atoms. The minimum atomic E-state index is -0.0144. The summed E-state index contributed by atoms with van der Waals surface area (Å²) in [6.07, 6.45) is 4.79. The van der Waals surface area contributed by atoms with Crippen molar-refractivity contribution >= 4 is 11.8 Å². The minimum absolute atomic E-state index is 0.0144. The van der Waals surface area contributed by atoms with Crippen molar-refractivity contribution in [3.05, 3.63) is 11.9 Å². The van der Waals surface area contributed by atoms with E-state index in [1.54, 1.807) is 4.68 Å². The Morgan fingerprint density at radius 2 is 2.05 bits per heavy atom. The van der Waals surface area contributed by atoms with Crippen LogP contribution in [0.3, 0.4) is 0 Å². The Morgan fingerprint density at radius 3 is 2.73 bits per heavy atom. The third-order valence-electron chi connectivity index (χ3n) is 3.07. The van der Waals surface area contributed by atoms with Crippen molar-refractivity contribution in [2.75, 3.05) is 13.1 Å². The molecule has 124 valence electrons. The predicted molar refractivity (Wildman–Crippen MR) is 84.1 cm³/mol. The average Bonchev–Trinajstić information content (AvgIpc) is 2.89. The third kappa shape index (κ3) is 8.39. The zero-order valence-electron chi connectivity index (χ0n) is 13.8. The first-order chi connectivity index (χ1) is 10.5. The number of carbonyl (C=O) groups is 2. The highest BCUT2D eigenvalue weighted by Gasteiger charge is 2.04. The van der Waals surface area contributed by atoms with Crippen molar-refractivity contribution < 1.29 is 9.59 Å². The van der Waals surface area contributed by atoms with Crippen LogP contribution in [0.2, 0.25) is 0 Å². The van der Waals surface area contributed by atoms with Gasteiger partial charge in [-0.1, -0.05) is 19.1 Å². The number of carbonyl (C=O) groups excluding carboxylic acids is 2. The van der Waals surface area contributed by atoms with Gasteiger partial charge in [0.05, 0.1) is 5.69 Å². The van der Waals surface area contributed by atoms with Gasteiger partial charge in [0.1, 0.15) is 0 Å². The summed E-state index contributed by atoms with van der Waals surface area (Å²) in [7, 11) is 0. The highest BCUT2D eigenvalue weighted by atomic mass is 16.2. The van der Waals surface area contributed by atoms with Crippen molar-refractivity contribution in [3.63, 3.8) is 0 Å². The van der Waals surface area contributed by atoms with E-state index in [4.69, 9.17) is 0 Å². The van der Waals surface area contributed by atoms with E-state index in [1.165, 1.54) is 6.92 Å². The highest BCUT2D eigenvalue weighted by Crippen LogP contribution is 2.00. The van der Waals surface area contributed by atoms with Gasteiger partial charge < -0.3 is 10.6 Å². The smallest absolute Gasteiger partial charge is 0.220 e. The minimum Gasteiger partial charge on any atom is -0.356 e. The molecule has 0 saturated carbocycles. The zero-order chi connectivity index (χ0) is 16.4. The number of hydrogen-bond acceptors (Lipinski definition) is 4. The van der Waals surface area contributed by atoms with Crippen LogP contribution in [0.4, 0.5) is 0 Å². The Labute approximate surface area is 131 Å². The molecule has 2 amide bonds. The summed E-state index contributed by atoms with van der Waals surface area (Å²) in [6.45, 7) is 7.71. The molecule has 1 aromatic heterocycles. The Balaban J connectivity index is 2.16. The van der Waals surface area contributed by atoms with Gasteiger partial charge in [0, 0.05) is 39.2 Å². The molecule has 1 heterocycles. The third-order valence-corrected chi connectivity index (χ3v) is 3.07. The Kier molecular flexibility index (Phi) is 8.17. The maximum absolute atomic E-state index is 11.6. The van der Waals surface area contributed by atoms with E-state index < -0.39 is 0 Å². The molecule has 0 bridgehead atoms. The topological polar surface area (TPSA) is 88.9 Å². The Morgan fingerprint density at radius 1 is 1.27 bits per heavy atom. The summed E-state index contributed by atoms with van der Waals surface area (Å²) >= 11 is 0. The van der Waals surface area contributed by atoms with Crippen LogP contribution in [-0.4, -0.2) is 39.9 Å². The van der Waals surface area contributed by atoms with Crippen molar-refractivity contribution in [1.82, 2.24) is 25.6 Å². The highest BCUT2D eigenvalue weighted by molar-refractivity contribution is 5.75. The first-order valence-corrected chi connectivity index (χ1v) is 7.87. The fraction of sp³-hybridized carbons (Fsp3) is 0.733. The van der Waals surface area contributed by atoms with E-state index in [0.29, 0.717) is 25.4 Å². The lowest BCUT2D eigenvalue weighted by Crippen LogP contribution is -2.27. The molecule has 0 aliphatic carbocycles. The monoisotopic (exact) mass is 309 g/mol. The van der Waals surface area contributed by atoms with Crippen LogP contribution in [0.25, 0.3) is 0 Å². The molecule has 0 saturated heterocycles. The van der Waals surface area contributed by atoms with Crippen LogP contribution >= 0.6 is 0 Å². The van der Waals surface area contributed by atoms with Gasteiger partial charge in [-0.25, -0.2) is 0 Å². The molecule has 0 aromatic carbocycles. The second-order valence-corrected chi connectivity index (χ2v) is 5.86. The maximum atomic E-state index is 11.6. The van der Waals surface area contributed by atoms with Gasteiger partial charge in [-0.2, -0.15) is 0 Å². The van der Waals surface area contributed by atoms with Crippen LogP contribution in [0.1, 0.15) is 45.7 Å². The van der Waals surface area contributed by atoms with Crippen molar-refractivity contribution in [2.24, 2.45) is 5.92 Å². The second-order valence-electron chi connectivity index (χ2n) is 5.86. The SMILES string of the molecule is CC(=O)NCCCc1cn(CCCC(=O)NCC(C)C)nn1. The second kappa shape index (κ2) is 9.92. The Bertz CT molecular complexity index is 470. The van der Waals surface area contributed by atoms with Gasteiger partial charge in [0.15, 0.2) is 0 Å². The first kappa shape index (κ1) is 18.1. The number of nitrogens with one attached hydrogen (secondary N) is 2. The number of nitrogens with zero attached hydrogens (tertiary/aromatic N) is 3. The Hall–Kier alpha value is -1.92. The maximum Gasteiger partial charge on any atom is 0.220 e. The van der Waals surface area contributed by atoms with Gasteiger partial charge in [-0.05, 0) is 25.2 Å². The van der Waals surface area contributed by atoms with Gasteiger partial charge >= 0.3 is 0 Å². The molecule has 7 heteroatoms. The van der Waals surface area contributed by atoms with Crippen LogP contribution < -0.4 is 10.6 Å². The molecule has 0 fully saturated rings. The lowest BCUT2D eigenvalue weighted by Gasteiger charge is -2.07. The number of aryl methyl sites for hydroxylation is 2. The van der Waals surface area contributed by atoms with Gasteiger partial charge in [0.2, 0.25) is 11.8 Å². The summed E-state index contributed by atoms with van der Waals surface area (Å²) in [5.74, 6) is 0.544. The number of aromatic nitrogens is 3. The molecule has 0 aliphatic heterocycles. The van der Waals surface area contributed by atoms with Crippen LogP contribution in [-0.2, 0) is 22.6 Å². The van der Waals surface area contributed by atoms with Gasteiger partial charge in [-0.3, -0.25) is 14.3 Å². The molecule has 0 atom stereocenters. The fourth-order valence-corrected chi connectivity index (χ4v) is 1.90. The van der Waals surface area contributed by atoms with E-state index in [0.717, 1.165) is 31.5 Å². The molecule has 1 aromatic rings. The van der Waals surface area contributed by atoms with Crippen molar-refractivity contribution in [3.8, 4) is 0 Å². The molecular formula is C15H27N5O2. The van der Waals surface area contributed by atoms with Crippen LogP contribution in [0, 0.1) is 5.92 Å². The van der Waals surface area contributed by atoms with Crippen molar-refractivity contribution in [2.45, 2.75) is 53.0 Å². The standard InChI is InChI=1S/C15H27N5O2/c1-12(2)10-17-15(22)7-5-9-20-11-14(18-19-20)6-4-8-16-13(3)21/h11-12H,4-10H2,1-3H3,(H,16,21)(H,17,22). The largest absolute Gasteiger partial charge is 0.356 e. The molecule has 0 unspecified atom stereocenters. The van der Waals surface area contributed by atoms with E-state index in [9.17, 15) is 9.59 Å². The number of hydrogen-bond donors (Lipinski definition) is 2. The van der Waals surface area contributed by atoms with Crippen molar-refractivity contribution in [1.29, 1.82) is 0 Å². The average molecular weight is 309 g/mol. The lowest BCUT2D eigenvalue weighted by molar-refractivity contribution is -0.121. The molecule has 7 nitrogen and oxygen atoms in total. The number of amides is 2. The summed E-state index contributed by atoms with van der Waals surface area (Å²) < 4.78 is 1.77. The summed E-state index contributed by atoms with van der Waals surface area (Å²) in [6, 6.07) is 0. The summed E-state index contributed by atoms with van der Waals surface area (Å²) in [5, 5.41) is 13.8. The quantitative estimate of drug-likeness (QED) is 0.628. The first-order valence-electron chi connectivity index (χ1n) is 7.87. The molecule has 22 heavy (non-hydrogen) atoms. The lowest BCUT2D eigenvalue weighted by atomic mass is 10.2. The fourth-order valence-electron chi connectivity index (χ4n) is 1.90. The molecule has 2 N–H and O–H groups in total. The van der Waals surface area contributed by atoms with E-state index in [2.05, 4.69) is 34.8 Å². The molecular weight excluding hydrogens is 282 g/mol. The summed E-state index contributed by atoms with van der Waals surface area (Å²) in [4.78, 5) is 22.3. The number of rotatable bonds is 10. The zero-order valence-corrected chi connectivity index (χ0v) is 13.8. The normalized spacial score (nSPS) is 10.7. The van der Waals surface area contributed by atoms with E-state index >= 15 is 0 Å². The van der Waals surface area contributed by atoms with Crippen LogP contribution in [0.5, 0.6) is 0 Å². The van der Waals surface area contributed by atoms with Gasteiger partial charge in [0.25, 0.3) is 0 Å². The summed E-state index contributed by atoms with van der Waals surface area (Å²) in [5.41, 5.74) is 0.912. The van der Waals surface area contributed by atoms with E-state index in [1.807, 2.05) is 6.20 Å². The van der Waals surface area contributed by atoms with Gasteiger partial charge in [-0.15, -0.1) is 5.10 Å². The molecule has 1 rings (SSSR count). The molecule has 0 aliphatic rings. The van der Waals surface area contributed by atoms with E-state index in [-0.39, 0.29) is 11.8 Å². The predicted octanol–water partition coefficient (Wildman–Crippen LogP) is 0.899. The van der Waals surface area contributed by atoms with Crippen LogP contribution in [0.15, 0.2) is 6.20 Å². The molecule has 0 radical (unpaired) electrons.